The van der Waals surface area contributed by atoms with Gasteiger partial charge in [-0.2, -0.15) is 0 Å². The van der Waals surface area contributed by atoms with Gasteiger partial charge in [-0.3, -0.25) is 4.79 Å². The number of carbonyl (C=O) groups excluding carboxylic acids is 1. The van der Waals surface area contributed by atoms with Crippen LogP contribution in [0.3, 0.4) is 0 Å². The standard InChI is InChI=1S/C17H21NO/c1-3-4-5-6-7-11-14-17(19)18-15(2)16-12-9-8-10-13-16/h3,8-10,12-13,15H,1,4-7H2,2H3,(H,18,19)/t15-/m0/s1. The van der Waals surface area contributed by atoms with Gasteiger partial charge in [-0.1, -0.05) is 42.3 Å². The fourth-order valence-electron chi connectivity index (χ4n) is 1.70. The van der Waals surface area contributed by atoms with E-state index in [1.54, 1.807) is 0 Å². The van der Waals surface area contributed by atoms with Crippen molar-refractivity contribution in [2.24, 2.45) is 0 Å². The maximum Gasteiger partial charge on any atom is 0.296 e. The number of hydrogen-bond donors (Lipinski definition) is 1. The lowest BCUT2D eigenvalue weighted by atomic mass is 10.1. The number of allylic oxidation sites excluding steroid dienone is 1. The van der Waals surface area contributed by atoms with Gasteiger partial charge in [-0.25, -0.2) is 0 Å². The van der Waals surface area contributed by atoms with E-state index in [1.807, 2.05) is 43.3 Å². The van der Waals surface area contributed by atoms with Crippen molar-refractivity contribution in [2.75, 3.05) is 0 Å². The predicted octanol–water partition coefficient (Wildman–Crippen LogP) is 3.61. The lowest BCUT2D eigenvalue weighted by Gasteiger charge is -2.11. The first kappa shape index (κ1) is 15.0. The van der Waals surface area contributed by atoms with Crippen LogP contribution in [-0.2, 0) is 4.79 Å². The average molecular weight is 255 g/mol. The summed E-state index contributed by atoms with van der Waals surface area (Å²) in [6.45, 7) is 5.63. The van der Waals surface area contributed by atoms with E-state index < -0.39 is 0 Å². The number of amides is 1. The van der Waals surface area contributed by atoms with Crippen LogP contribution in [0.1, 0.15) is 44.2 Å². The van der Waals surface area contributed by atoms with Gasteiger partial charge in [0.25, 0.3) is 5.91 Å². The average Bonchev–Trinajstić information content (AvgIpc) is 2.43. The molecule has 0 aliphatic carbocycles. The summed E-state index contributed by atoms with van der Waals surface area (Å²) in [6, 6.07) is 9.86. The summed E-state index contributed by atoms with van der Waals surface area (Å²) in [5.41, 5.74) is 1.09. The Bertz CT molecular complexity index is 453. The zero-order valence-electron chi connectivity index (χ0n) is 11.5. The molecule has 2 heteroatoms. The topological polar surface area (TPSA) is 29.1 Å². The third-order valence-corrected chi connectivity index (χ3v) is 2.81. The molecule has 0 radical (unpaired) electrons. The quantitative estimate of drug-likeness (QED) is 0.469. The molecule has 1 rings (SSSR count). The SMILES string of the molecule is C=CCCCCC#CC(=O)N[C@@H](C)c1ccccc1. The number of rotatable bonds is 6. The van der Waals surface area contributed by atoms with Crippen molar-refractivity contribution in [3.8, 4) is 11.8 Å². The third-order valence-electron chi connectivity index (χ3n) is 2.81. The minimum absolute atomic E-state index is 0.0104. The number of carbonyl (C=O) groups is 1. The number of nitrogens with one attached hydrogen (secondary N) is 1. The Morgan fingerprint density at radius 2 is 2.11 bits per heavy atom. The molecule has 1 aromatic carbocycles. The Balaban J connectivity index is 2.31. The van der Waals surface area contributed by atoms with Gasteiger partial charge in [0, 0.05) is 6.42 Å². The molecular weight excluding hydrogens is 234 g/mol. The van der Waals surface area contributed by atoms with Gasteiger partial charge in [-0.05, 0) is 37.7 Å². The minimum Gasteiger partial charge on any atom is -0.339 e. The predicted molar refractivity (Wildman–Crippen MR) is 79.4 cm³/mol. The highest BCUT2D eigenvalue weighted by atomic mass is 16.1. The van der Waals surface area contributed by atoms with E-state index in [-0.39, 0.29) is 11.9 Å². The Labute approximate surface area is 115 Å². The van der Waals surface area contributed by atoms with Crippen LogP contribution in [0.25, 0.3) is 0 Å². The van der Waals surface area contributed by atoms with Crippen LogP contribution in [0, 0.1) is 11.8 Å². The first-order chi connectivity index (χ1) is 9.24. The van der Waals surface area contributed by atoms with E-state index in [1.165, 1.54) is 0 Å². The molecule has 1 N–H and O–H groups in total. The minimum atomic E-state index is -0.208. The Morgan fingerprint density at radius 1 is 1.37 bits per heavy atom. The highest BCUT2D eigenvalue weighted by Crippen LogP contribution is 2.10. The fraction of sp³-hybridized carbons (Fsp3) is 0.353. The largest absolute Gasteiger partial charge is 0.339 e. The molecule has 0 fully saturated rings. The van der Waals surface area contributed by atoms with E-state index in [0.717, 1.165) is 31.2 Å². The van der Waals surface area contributed by atoms with Crippen LogP contribution >= 0.6 is 0 Å². The molecule has 19 heavy (non-hydrogen) atoms. The summed E-state index contributed by atoms with van der Waals surface area (Å²) in [4.78, 5) is 11.6. The third kappa shape index (κ3) is 6.47. The van der Waals surface area contributed by atoms with E-state index in [0.29, 0.717) is 0 Å². The molecule has 1 atom stereocenters. The van der Waals surface area contributed by atoms with Crippen molar-refractivity contribution in [1.82, 2.24) is 5.32 Å². The maximum absolute atomic E-state index is 11.6. The Morgan fingerprint density at radius 3 is 2.79 bits per heavy atom. The highest BCUT2D eigenvalue weighted by molar-refractivity contribution is 5.93. The van der Waals surface area contributed by atoms with Crippen molar-refractivity contribution >= 4 is 5.91 Å². The first-order valence-electron chi connectivity index (χ1n) is 6.69. The normalized spacial score (nSPS) is 11.0. The number of benzene rings is 1. The van der Waals surface area contributed by atoms with Gasteiger partial charge < -0.3 is 5.32 Å². The van der Waals surface area contributed by atoms with Gasteiger partial charge in [0.2, 0.25) is 0 Å². The molecule has 100 valence electrons. The molecule has 0 spiro atoms. The molecule has 0 heterocycles. The molecule has 0 aliphatic rings. The summed E-state index contributed by atoms with van der Waals surface area (Å²) in [6.07, 6.45) is 5.78. The van der Waals surface area contributed by atoms with E-state index in [2.05, 4.69) is 23.7 Å². The van der Waals surface area contributed by atoms with Crippen molar-refractivity contribution < 1.29 is 4.79 Å². The first-order valence-corrected chi connectivity index (χ1v) is 6.69. The lowest BCUT2D eigenvalue weighted by Crippen LogP contribution is -2.24. The number of unbranched alkanes of at least 4 members (excludes halogenated alkanes) is 3. The Kier molecular flexibility index (Phi) is 7.12. The maximum atomic E-state index is 11.6. The summed E-state index contributed by atoms with van der Waals surface area (Å²) >= 11 is 0. The molecule has 0 aromatic heterocycles. The zero-order valence-corrected chi connectivity index (χ0v) is 11.5. The smallest absolute Gasteiger partial charge is 0.296 e. The van der Waals surface area contributed by atoms with Crippen LogP contribution in [-0.4, -0.2) is 5.91 Å². The van der Waals surface area contributed by atoms with E-state index in [9.17, 15) is 4.79 Å². The van der Waals surface area contributed by atoms with Gasteiger partial charge in [0.05, 0.1) is 6.04 Å². The van der Waals surface area contributed by atoms with Crippen molar-refractivity contribution in [1.29, 1.82) is 0 Å². The van der Waals surface area contributed by atoms with Gasteiger partial charge >= 0.3 is 0 Å². The second-order valence-electron chi connectivity index (χ2n) is 4.44. The molecule has 0 aliphatic heterocycles. The molecule has 0 saturated carbocycles. The zero-order chi connectivity index (χ0) is 13.9. The van der Waals surface area contributed by atoms with Crippen LogP contribution < -0.4 is 5.32 Å². The number of hydrogen-bond acceptors (Lipinski definition) is 1. The summed E-state index contributed by atoms with van der Waals surface area (Å²) in [5, 5.41) is 2.87. The van der Waals surface area contributed by atoms with Crippen molar-refractivity contribution in [3.63, 3.8) is 0 Å². The van der Waals surface area contributed by atoms with Gasteiger partial charge in [-0.15, -0.1) is 6.58 Å². The second-order valence-corrected chi connectivity index (χ2v) is 4.44. The fourth-order valence-corrected chi connectivity index (χ4v) is 1.70. The van der Waals surface area contributed by atoms with Crippen LogP contribution in [0.5, 0.6) is 0 Å². The molecule has 0 bridgehead atoms. The van der Waals surface area contributed by atoms with Crippen LogP contribution in [0.4, 0.5) is 0 Å². The summed E-state index contributed by atoms with van der Waals surface area (Å²) < 4.78 is 0. The van der Waals surface area contributed by atoms with Crippen molar-refractivity contribution in [3.05, 3.63) is 48.6 Å². The molecule has 1 amide bonds. The van der Waals surface area contributed by atoms with E-state index >= 15 is 0 Å². The summed E-state index contributed by atoms with van der Waals surface area (Å²) in [7, 11) is 0. The highest BCUT2D eigenvalue weighted by Gasteiger charge is 2.06. The monoisotopic (exact) mass is 255 g/mol. The van der Waals surface area contributed by atoms with Crippen LogP contribution in [0.2, 0.25) is 0 Å². The van der Waals surface area contributed by atoms with Crippen molar-refractivity contribution in [2.45, 2.75) is 38.6 Å². The summed E-state index contributed by atoms with van der Waals surface area (Å²) in [5.74, 6) is 5.33. The molecule has 0 saturated heterocycles. The van der Waals surface area contributed by atoms with E-state index in [4.69, 9.17) is 0 Å². The molecular formula is C17H21NO. The van der Waals surface area contributed by atoms with Gasteiger partial charge in [0.15, 0.2) is 0 Å². The Hall–Kier alpha value is -2.01. The lowest BCUT2D eigenvalue weighted by molar-refractivity contribution is -0.116. The van der Waals surface area contributed by atoms with Crippen LogP contribution in [0.15, 0.2) is 43.0 Å². The molecule has 1 aromatic rings. The second kappa shape index (κ2) is 8.99. The molecule has 2 nitrogen and oxygen atoms in total. The molecule has 0 unspecified atom stereocenters. The van der Waals surface area contributed by atoms with Gasteiger partial charge in [0.1, 0.15) is 0 Å².